The van der Waals surface area contributed by atoms with E-state index in [1.165, 1.54) is 13.0 Å². The summed E-state index contributed by atoms with van der Waals surface area (Å²) in [7, 11) is 0. The van der Waals surface area contributed by atoms with Crippen LogP contribution in [0.5, 0.6) is 0 Å². The van der Waals surface area contributed by atoms with E-state index in [4.69, 9.17) is 4.74 Å². The first-order valence-corrected chi connectivity index (χ1v) is 7.57. The highest BCUT2D eigenvalue weighted by Crippen LogP contribution is 2.29. The molecule has 2 atom stereocenters. The lowest BCUT2D eigenvalue weighted by Gasteiger charge is -2.37. The van der Waals surface area contributed by atoms with Crippen LogP contribution in [0.1, 0.15) is 24.5 Å². The van der Waals surface area contributed by atoms with Crippen molar-refractivity contribution in [3.8, 4) is 0 Å². The number of rotatable bonds is 3. The summed E-state index contributed by atoms with van der Waals surface area (Å²) in [4.78, 5) is 6.92. The summed E-state index contributed by atoms with van der Waals surface area (Å²) in [5.41, 5.74) is 0.435. The molecule has 0 radical (unpaired) electrons. The third-order valence-corrected chi connectivity index (χ3v) is 4.81. The first kappa shape index (κ1) is 15.2. The largest absolute Gasteiger partial charge is 0.368 e. The maximum atomic E-state index is 5.84. The quantitative estimate of drug-likeness (QED) is 0.926. The molecule has 2 unspecified atom stereocenters. The summed E-state index contributed by atoms with van der Waals surface area (Å²) in [5, 5.41) is 6.62. The van der Waals surface area contributed by atoms with Gasteiger partial charge < -0.3 is 10.1 Å². The minimum Gasteiger partial charge on any atom is -0.368 e. The molecule has 0 amide bonds. The number of halogens is 1. The number of nitrogens with one attached hydrogen (secondary N) is 1. The van der Waals surface area contributed by atoms with Crippen molar-refractivity contribution in [1.82, 2.24) is 15.2 Å². The second-order valence-corrected chi connectivity index (χ2v) is 6.63. The van der Waals surface area contributed by atoms with Gasteiger partial charge in [-0.15, -0.1) is 23.7 Å². The summed E-state index contributed by atoms with van der Waals surface area (Å²) in [6, 6.07) is 0. The van der Waals surface area contributed by atoms with Crippen LogP contribution in [0.4, 0.5) is 0 Å². The zero-order valence-corrected chi connectivity index (χ0v) is 12.9. The zero-order valence-electron chi connectivity index (χ0n) is 11.3. The molecule has 3 rings (SSSR count). The minimum atomic E-state index is 0. The van der Waals surface area contributed by atoms with E-state index in [-0.39, 0.29) is 18.5 Å². The highest BCUT2D eigenvalue weighted by atomic mass is 35.5. The number of aromatic nitrogens is 1. The fraction of sp³-hybridized carbons (Fsp3) is 0.769. The van der Waals surface area contributed by atoms with Gasteiger partial charge in [0.1, 0.15) is 11.1 Å². The van der Waals surface area contributed by atoms with Crippen molar-refractivity contribution in [1.29, 1.82) is 0 Å². The van der Waals surface area contributed by atoms with E-state index < -0.39 is 0 Å². The maximum Gasteiger partial charge on any atom is 0.123 e. The van der Waals surface area contributed by atoms with Gasteiger partial charge in [-0.2, -0.15) is 0 Å². The lowest BCUT2D eigenvalue weighted by Crippen LogP contribution is -2.44. The highest BCUT2D eigenvalue weighted by molar-refractivity contribution is 7.09. The van der Waals surface area contributed by atoms with Crippen LogP contribution in [0.25, 0.3) is 0 Å². The van der Waals surface area contributed by atoms with E-state index in [2.05, 4.69) is 22.1 Å². The molecular formula is C13H22ClN3OS. The Hall–Kier alpha value is -0.200. The first-order valence-electron chi connectivity index (χ1n) is 6.69. The third kappa shape index (κ3) is 3.67. The molecule has 2 aliphatic rings. The number of hydrogen-bond donors (Lipinski definition) is 1. The Kier molecular flexibility index (Phi) is 5.20. The molecule has 2 aliphatic heterocycles. The molecule has 0 aromatic carbocycles. The van der Waals surface area contributed by atoms with E-state index in [9.17, 15) is 0 Å². The SMILES string of the molecule is CC1(CN2CCOC(c3nccs3)C2)CCNC1.Cl. The van der Waals surface area contributed by atoms with Crippen molar-refractivity contribution in [2.24, 2.45) is 5.41 Å². The van der Waals surface area contributed by atoms with Gasteiger partial charge in [0.25, 0.3) is 0 Å². The van der Waals surface area contributed by atoms with Gasteiger partial charge >= 0.3 is 0 Å². The van der Waals surface area contributed by atoms with Gasteiger partial charge in [0.05, 0.1) is 6.61 Å². The Labute approximate surface area is 125 Å². The van der Waals surface area contributed by atoms with Gasteiger partial charge in [0, 0.05) is 37.8 Å². The molecule has 6 heteroatoms. The van der Waals surface area contributed by atoms with Gasteiger partial charge in [0.15, 0.2) is 0 Å². The van der Waals surface area contributed by atoms with Gasteiger partial charge in [-0.3, -0.25) is 4.90 Å². The molecule has 2 saturated heterocycles. The van der Waals surface area contributed by atoms with E-state index in [0.717, 1.165) is 37.8 Å². The van der Waals surface area contributed by atoms with Crippen LogP contribution in [0, 0.1) is 5.41 Å². The van der Waals surface area contributed by atoms with Gasteiger partial charge in [-0.1, -0.05) is 6.92 Å². The molecule has 0 saturated carbocycles. The highest BCUT2D eigenvalue weighted by Gasteiger charge is 2.33. The molecule has 0 aliphatic carbocycles. The molecule has 19 heavy (non-hydrogen) atoms. The second kappa shape index (κ2) is 6.50. The third-order valence-electron chi connectivity index (χ3n) is 3.94. The summed E-state index contributed by atoms with van der Waals surface area (Å²) < 4.78 is 5.84. The van der Waals surface area contributed by atoms with Crippen LogP contribution in [-0.4, -0.2) is 49.2 Å². The van der Waals surface area contributed by atoms with E-state index in [1.54, 1.807) is 11.3 Å². The number of thiazole rings is 1. The summed E-state index contributed by atoms with van der Waals surface area (Å²) in [6.45, 7) is 8.74. The van der Waals surface area contributed by atoms with Crippen LogP contribution in [0.3, 0.4) is 0 Å². The molecule has 1 N–H and O–H groups in total. The fourth-order valence-corrected chi connectivity index (χ4v) is 3.61. The van der Waals surface area contributed by atoms with Crippen molar-refractivity contribution in [2.45, 2.75) is 19.4 Å². The topological polar surface area (TPSA) is 37.4 Å². The predicted molar refractivity (Wildman–Crippen MR) is 80.1 cm³/mol. The predicted octanol–water partition coefficient (Wildman–Crippen LogP) is 1.94. The molecule has 108 valence electrons. The molecule has 0 bridgehead atoms. The standard InChI is InChI=1S/C13H21N3OS.ClH/c1-13(2-3-14-9-13)10-16-5-6-17-11(8-16)12-15-4-7-18-12;/h4,7,11,14H,2-3,5-6,8-10H2,1H3;1H. The zero-order chi connectivity index (χ0) is 12.4. The van der Waals surface area contributed by atoms with Crippen LogP contribution >= 0.6 is 23.7 Å². The average molecular weight is 304 g/mol. The number of hydrogen-bond acceptors (Lipinski definition) is 5. The van der Waals surface area contributed by atoms with Crippen molar-refractivity contribution in [3.63, 3.8) is 0 Å². The Morgan fingerprint density at radius 1 is 1.63 bits per heavy atom. The average Bonchev–Trinajstić information content (AvgIpc) is 3.01. The summed E-state index contributed by atoms with van der Waals surface area (Å²) >= 11 is 1.70. The molecule has 1 aromatic heterocycles. The monoisotopic (exact) mass is 303 g/mol. The molecule has 1 aromatic rings. The number of nitrogens with zero attached hydrogens (tertiary/aromatic N) is 2. The van der Waals surface area contributed by atoms with Gasteiger partial charge in [0.2, 0.25) is 0 Å². The maximum absolute atomic E-state index is 5.84. The number of ether oxygens (including phenoxy) is 1. The van der Waals surface area contributed by atoms with Crippen molar-refractivity contribution in [3.05, 3.63) is 16.6 Å². The molecule has 4 nitrogen and oxygen atoms in total. The lowest BCUT2D eigenvalue weighted by molar-refractivity contribution is -0.0401. The Bertz CT molecular complexity index is 381. The molecule has 2 fully saturated rings. The number of morpholine rings is 1. The van der Waals surface area contributed by atoms with Crippen molar-refractivity contribution < 1.29 is 4.74 Å². The summed E-state index contributed by atoms with van der Waals surface area (Å²) in [5.74, 6) is 0. The Morgan fingerprint density at radius 2 is 2.53 bits per heavy atom. The molecular weight excluding hydrogens is 282 g/mol. The Balaban J connectivity index is 0.00000133. The van der Waals surface area contributed by atoms with E-state index in [0.29, 0.717) is 5.41 Å². The van der Waals surface area contributed by atoms with Crippen LogP contribution in [0.15, 0.2) is 11.6 Å². The molecule has 0 spiro atoms. The van der Waals surface area contributed by atoms with E-state index >= 15 is 0 Å². The second-order valence-electron chi connectivity index (χ2n) is 5.70. The normalized spacial score (nSPS) is 32.2. The van der Waals surface area contributed by atoms with E-state index in [1.807, 2.05) is 11.6 Å². The van der Waals surface area contributed by atoms with Gasteiger partial charge in [-0.05, 0) is 18.4 Å². The Morgan fingerprint density at radius 3 is 3.21 bits per heavy atom. The minimum absolute atomic E-state index is 0. The van der Waals surface area contributed by atoms with Crippen molar-refractivity contribution >= 4 is 23.7 Å². The smallest absolute Gasteiger partial charge is 0.123 e. The van der Waals surface area contributed by atoms with Gasteiger partial charge in [-0.25, -0.2) is 4.98 Å². The van der Waals surface area contributed by atoms with Crippen LogP contribution < -0.4 is 5.32 Å². The molecule has 3 heterocycles. The van der Waals surface area contributed by atoms with Crippen LogP contribution in [0.2, 0.25) is 0 Å². The summed E-state index contributed by atoms with van der Waals surface area (Å²) in [6.07, 6.45) is 3.33. The van der Waals surface area contributed by atoms with Crippen LogP contribution in [-0.2, 0) is 4.74 Å². The van der Waals surface area contributed by atoms with Crippen molar-refractivity contribution in [2.75, 3.05) is 39.3 Å². The first-order chi connectivity index (χ1) is 8.75. The lowest BCUT2D eigenvalue weighted by atomic mass is 9.89. The fourth-order valence-electron chi connectivity index (χ4n) is 2.93.